The van der Waals surface area contributed by atoms with Crippen molar-refractivity contribution in [2.24, 2.45) is 10.9 Å². The second-order valence-electron chi connectivity index (χ2n) is 5.57. The van der Waals surface area contributed by atoms with Crippen LogP contribution < -0.4 is 11.1 Å². The molecule has 0 spiro atoms. The van der Waals surface area contributed by atoms with Crippen molar-refractivity contribution < 1.29 is 22.8 Å². The number of aryl methyl sites for hydroxylation is 1. The standard InChI is InChI=1S/C17H17F4N3O/c1-9-3-6-13(16(22)24-25)10(2)15(9)23-8-11-4-5-12(18)7-14(11)17(19,20)21/h3-7,23,25H,8H2,1-2H3,(H2,22,24). The minimum Gasteiger partial charge on any atom is -0.409 e. The highest BCUT2D eigenvalue weighted by molar-refractivity contribution is 5.99. The Kier molecular flexibility index (Phi) is 5.20. The summed E-state index contributed by atoms with van der Waals surface area (Å²) in [5.74, 6) is -1.05. The first kappa shape index (κ1) is 18.6. The summed E-state index contributed by atoms with van der Waals surface area (Å²) in [5, 5.41) is 14.7. The van der Waals surface area contributed by atoms with Crippen molar-refractivity contribution in [1.29, 1.82) is 0 Å². The van der Waals surface area contributed by atoms with Crippen LogP contribution in [0.4, 0.5) is 23.2 Å². The van der Waals surface area contributed by atoms with Crippen LogP contribution in [0.2, 0.25) is 0 Å². The first-order chi connectivity index (χ1) is 11.6. The highest BCUT2D eigenvalue weighted by Gasteiger charge is 2.33. The fraction of sp³-hybridized carbons (Fsp3) is 0.235. The highest BCUT2D eigenvalue weighted by atomic mass is 19.4. The van der Waals surface area contributed by atoms with E-state index in [-0.39, 0.29) is 17.9 Å². The SMILES string of the molecule is Cc1ccc(C(N)=NO)c(C)c1NCc1ccc(F)cc1C(F)(F)F. The van der Waals surface area contributed by atoms with Crippen LogP contribution in [0.15, 0.2) is 35.5 Å². The molecule has 25 heavy (non-hydrogen) atoms. The molecule has 0 unspecified atom stereocenters. The number of anilines is 1. The Hall–Kier alpha value is -2.77. The number of halogens is 4. The van der Waals surface area contributed by atoms with Crippen LogP contribution >= 0.6 is 0 Å². The largest absolute Gasteiger partial charge is 0.416 e. The van der Waals surface area contributed by atoms with Crippen molar-refractivity contribution in [1.82, 2.24) is 0 Å². The Balaban J connectivity index is 2.37. The molecular weight excluding hydrogens is 338 g/mol. The van der Waals surface area contributed by atoms with Gasteiger partial charge >= 0.3 is 6.18 Å². The van der Waals surface area contributed by atoms with E-state index in [1.807, 2.05) is 0 Å². The van der Waals surface area contributed by atoms with Gasteiger partial charge in [-0.05, 0) is 42.7 Å². The molecule has 0 aromatic heterocycles. The molecule has 0 aliphatic rings. The van der Waals surface area contributed by atoms with Crippen molar-refractivity contribution in [2.45, 2.75) is 26.6 Å². The number of nitrogens with zero attached hydrogens (tertiary/aromatic N) is 1. The lowest BCUT2D eigenvalue weighted by Crippen LogP contribution is -2.17. The van der Waals surface area contributed by atoms with Gasteiger partial charge in [-0.15, -0.1) is 0 Å². The van der Waals surface area contributed by atoms with Gasteiger partial charge in [-0.1, -0.05) is 23.4 Å². The van der Waals surface area contributed by atoms with Crippen LogP contribution in [-0.4, -0.2) is 11.0 Å². The zero-order chi connectivity index (χ0) is 18.8. The van der Waals surface area contributed by atoms with E-state index in [1.54, 1.807) is 26.0 Å². The fourth-order valence-corrected chi connectivity index (χ4v) is 2.60. The number of benzene rings is 2. The maximum absolute atomic E-state index is 13.2. The lowest BCUT2D eigenvalue weighted by atomic mass is 10.0. The van der Waals surface area contributed by atoms with Crippen LogP contribution in [0.3, 0.4) is 0 Å². The summed E-state index contributed by atoms with van der Waals surface area (Å²) in [7, 11) is 0. The van der Waals surface area contributed by atoms with E-state index in [4.69, 9.17) is 10.9 Å². The number of oxime groups is 1. The van der Waals surface area contributed by atoms with Crippen LogP contribution in [0.25, 0.3) is 0 Å². The lowest BCUT2D eigenvalue weighted by Gasteiger charge is -2.18. The zero-order valence-electron chi connectivity index (χ0n) is 13.6. The first-order valence-electron chi connectivity index (χ1n) is 7.32. The summed E-state index contributed by atoms with van der Waals surface area (Å²) in [6.45, 7) is 3.33. The summed E-state index contributed by atoms with van der Waals surface area (Å²) in [6, 6.07) is 5.92. The van der Waals surface area contributed by atoms with Gasteiger partial charge in [0.2, 0.25) is 0 Å². The molecule has 8 heteroatoms. The van der Waals surface area contributed by atoms with Crippen molar-refractivity contribution in [2.75, 3.05) is 5.32 Å². The molecule has 2 rings (SSSR count). The third kappa shape index (κ3) is 4.01. The van der Waals surface area contributed by atoms with Crippen molar-refractivity contribution in [3.05, 3.63) is 64.0 Å². The number of hydrogen-bond acceptors (Lipinski definition) is 3. The predicted octanol–water partition coefficient (Wildman–Crippen LogP) is 4.17. The molecule has 0 amide bonds. The Morgan fingerprint density at radius 3 is 2.48 bits per heavy atom. The molecule has 4 nitrogen and oxygen atoms in total. The van der Waals surface area contributed by atoms with Crippen molar-refractivity contribution in [3.63, 3.8) is 0 Å². The number of rotatable bonds is 4. The first-order valence-corrected chi connectivity index (χ1v) is 7.32. The summed E-state index contributed by atoms with van der Waals surface area (Å²) < 4.78 is 52.4. The summed E-state index contributed by atoms with van der Waals surface area (Å²) in [5.41, 5.74) is 6.94. The summed E-state index contributed by atoms with van der Waals surface area (Å²) >= 11 is 0. The zero-order valence-corrected chi connectivity index (χ0v) is 13.6. The maximum atomic E-state index is 13.2. The average molecular weight is 355 g/mol. The minimum absolute atomic E-state index is 0.0816. The van der Waals surface area contributed by atoms with Crippen molar-refractivity contribution >= 4 is 11.5 Å². The molecule has 0 atom stereocenters. The van der Waals surface area contributed by atoms with E-state index in [1.165, 1.54) is 0 Å². The van der Waals surface area contributed by atoms with Gasteiger partial charge in [0.25, 0.3) is 0 Å². The fourth-order valence-electron chi connectivity index (χ4n) is 2.60. The molecule has 0 fully saturated rings. The van der Waals surface area contributed by atoms with Crippen LogP contribution in [0.5, 0.6) is 0 Å². The molecule has 0 heterocycles. The second-order valence-corrected chi connectivity index (χ2v) is 5.57. The van der Waals surface area contributed by atoms with Gasteiger partial charge in [0.05, 0.1) is 5.56 Å². The topological polar surface area (TPSA) is 70.6 Å². The van der Waals surface area contributed by atoms with Crippen LogP contribution in [-0.2, 0) is 12.7 Å². The van der Waals surface area contributed by atoms with E-state index in [0.717, 1.165) is 17.7 Å². The number of nitrogens with two attached hydrogens (primary N) is 1. The molecule has 2 aromatic carbocycles. The van der Waals surface area contributed by atoms with E-state index >= 15 is 0 Å². The third-order valence-electron chi connectivity index (χ3n) is 3.89. The van der Waals surface area contributed by atoms with Gasteiger partial charge in [0, 0.05) is 17.8 Å². The molecule has 0 aliphatic heterocycles. The van der Waals surface area contributed by atoms with E-state index < -0.39 is 17.6 Å². The summed E-state index contributed by atoms with van der Waals surface area (Å²) in [4.78, 5) is 0. The Morgan fingerprint density at radius 2 is 1.88 bits per heavy atom. The normalized spacial score (nSPS) is 12.3. The smallest absolute Gasteiger partial charge is 0.409 e. The number of amidine groups is 1. The number of hydrogen-bond donors (Lipinski definition) is 3. The predicted molar refractivity (Wildman–Crippen MR) is 87.2 cm³/mol. The van der Waals surface area contributed by atoms with Gasteiger partial charge in [-0.25, -0.2) is 4.39 Å². The molecule has 2 aromatic rings. The van der Waals surface area contributed by atoms with E-state index in [9.17, 15) is 17.6 Å². The van der Waals surface area contributed by atoms with Crippen molar-refractivity contribution in [3.8, 4) is 0 Å². The van der Waals surface area contributed by atoms with Gasteiger partial charge < -0.3 is 16.3 Å². The summed E-state index contributed by atoms with van der Waals surface area (Å²) in [6.07, 6.45) is -4.65. The third-order valence-corrected chi connectivity index (χ3v) is 3.89. The number of nitrogens with one attached hydrogen (secondary N) is 1. The van der Waals surface area contributed by atoms with Gasteiger partial charge in [-0.2, -0.15) is 13.2 Å². The van der Waals surface area contributed by atoms with Gasteiger partial charge in [0.15, 0.2) is 5.84 Å². The second kappa shape index (κ2) is 7.00. The average Bonchev–Trinajstić information content (AvgIpc) is 2.54. The molecule has 0 saturated carbocycles. The lowest BCUT2D eigenvalue weighted by molar-refractivity contribution is -0.138. The molecule has 0 saturated heterocycles. The van der Waals surface area contributed by atoms with E-state index in [0.29, 0.717) is 22.9 Å². The molecule has 4 N–H and O–H groups in total. The Labute approximate surface area is 142 Å². The quantitative estimate of drug-likeness (QED) is 0.253. The van der Waals surface area contributed by atoms with Gasteiger partial charge in [-0.3, -0.25) is 0 Å². The molecule has 0 bridgehead atoms. The Bertz CT molecular complexity index is 816. The van der Waals surface area contributed by atoms with E-state index in [2.05, 4.69) is 10.5 Å². The molecule has 134 valence electrons. The number of alkyl halides is 3. The molecule has 0 aliphatic carbocycles. The highest BCUT2D eigenvalue weighted by Crippen LogP contribution is 2.33. The minimum atomic E-state index is -4.65. The maximum Gasteiger partial charge on any atom is 0.416 e. The van der Waals surface area contributed by atoms with Crippen LogP contribution in [0.1, 0.15) is 27.8 Å². The monoisotopic (exact) mass is 355 g/mol. The molecular formula is C17H17F4N3O. The molecule has 0 radical (unpaired) electrons. The van der Waals surface area contributed by atoms with Crippen LogP contribution in [0, 0.1) is 19.7 Å². The van der Waals surface area contributed by atoms with Gasteiger partial charge in [0.1, 0.15) is 5.82 Å². The Morgan fingerprint density at radius 1 is 1.20 bits per heavy atom.